The van der Waals surface area contributed by atoms with Gasteiger partial charge in [0.1, 0.15) is 0 Å². The molecule has 3 heteroatoms. The quantitative estimate of drug-likeness (QED) is 0.774. The number of nitrogens with two attached hydrogens (primary N) is 1. The van der Waals surface area contributed by atoms with Gasteiger partial charge in [-0.25, -0.2) is 0 Å². The molecule has 1 fully saturated rings. The summed E-state index contributed by atoms with van der Waals surface area (Å²) in [6.45, 7) is 2.36. The summed E-state index contributed by atoms with van der Waals surface area (Å²) in [4.78, 5) is 1.28. The van der Waals surface area contributed by atoms with Gasteiger partial charge in [-0.1, -0.05) is 19.1 Å². The molecule has 1 aromatic carbocycles. The van der Waals surface area contributed by atoms with Crippen LogP contribution in [0.4, 0.5) is 0 Å². The zero-order valence-corrected chi connectivity index (χ0v) is 10.5. The molecule has 0 heterocycles. The van der Waals surface area contributed by atoms with Gasteiger partial charge in [0.15, 0.2) is 0 Å². The number of hydrogen-bond acceptors (Lipinski definition) is 3. The Hall–Kier alpha value is -0.510. The molecule has 3 N–H and O–H groups in total. The smallest absolute Gasteiger partial charge is 0.0505 e. The van der Waals surface area contributed by atoms with Crippen LogP contribution in [0, 0.1) is 5.41 Å². The van der Waals surface area contributed by atoms with Crippen molar-refractivity contribution in [2.45, 2.75) is 30.7 Å². The van der Waals surface area contributed by atoms with Crippen molar-refractivity contribution < 1.29 is 5.11 Å². The van der Waals surface area contributed by atoms with Gasteiger partial charge in [0.25, 0.3) is 0 Å². The van der Waals surface area contributed by atoms with E-state index >= 15 is 0 Å². The van der Waals surface area contributed by atoms with Gasteiger partial charge < -0.3 is 10.8 Å². The standard InChI is InChI=1S/C13H19NOS/c1-2-16-11-5-3-10(4-6-11)12(14)13(9-15)7-8-13/h3-6,12,15H,2,7-9,14H2,1H3. The van der Waals surface area contributed by atoms with Gasteiger partial charge in [-0.15, -0.1) is 11.8 Å². The predicted octanol–water partition coefficient (Wildman–Crippen LogP) is 2.57. The van der Waals surface area contributed by atoms with E-state index in [1.807, 2.05) is 11.8 Å². The number of thioether (sulfide) groups is 1. The second-order valence-electron chi connectivity index (χ2n) is 4.50. The summed E-state index contributed by atoms with van der Waals surface area (Å²) in [7, 11) is 0. The van der Waals surface area contributed by atoms with E-state index < -0.39 is 0 Å². The lowest BCUT2D eigenvalue weighted by molar-refractivity contribution is 0.187. The molecule has 1 atom stereocenters. The average Bonchev–Trinajstić information content (AvgIpc) is 3.10. The molecule has 1 unspecified atom stereocenters. The molecule has 1 aromatic rings. The van der Waals surface area contributed by atoms with Crippen molar-refractivity contribution in [1.29, 1.82) is 0 Å². The lowest BCUT2D eigenvalue weighted by Crippen LogP contribution is -2.25. The Morgan fingerprint density at radius 1 is 1.38 bits per heavy atom. The summed E-state index contributed by atoms with van der Waals surface area (Å²) in [6, 6.07) is 8.42. The molecule has 0 aliphatic heterocycles. The van der Waals surface area contributed by atoms with Gasteiger partial charge in [-0.2, -0.15) is 0 Å². The zero-order valence-electron chi connectivity index (χ0n) is 9.65. The molecule has 0 saturated heterocycles. The third kappa shape index (κ3) is 2.26. The van der Waals surface area contributed by atoms with E-state index in [2.05, 4.69) is 31.2 Å². The first-order chi connectivity index (χ1) is 7.72. The van der Waals surface area contributed by atoms with Gasteiger partial charge in [-0.3, -0.25) is 0 Å². The molecule has 2 rings (SSSR count). The Bertz CT molecular complexity index is 345. The predicted molar refractivity (Wildman–Crippen MR) is 68.5 cm³/mol. The van der Waals surface area contributed by atoms with Crippen molar-refractivity contribution in [2.24, 2.45) is 11.1 Å². The second-order valence-corrected chi connectivity index (χ2v) is 5.84. The summed E-state index contributed by atoms with van der Waals surface area (Å²) in [6.07, 6.45) is 2.10. The molecule has 16 heavy (non-hydrogen) atoms. The molecular weight excluding hydrogens is 218 g/mol. The molecule has 2 nitrogen and oxygen atoms in total. The van der Waals surface area contributed by atoms with E-state index in [4.69, 9.17) is 5.73 Å². The molecule has 88 valence electrons. The normalized spacial score (nSPS) is 19.4. The highest BCUT2D eigenvalue weighted by Crippen LogP contribution is 2.53. The molecule has 1 aliphatic rings. The van der Waals surface area contributed by atoms with Gasteiger partial charge in [0.2, 0.25) is 0 Å². The first-order valence-electron chi connectivity index (χ1n) is 5.81. The van der Waals surface area contributed by atoms with Crippen molar-refractivity contribution in [1.82, 2.24) is 0 Å². The number of benzene rings is 1. The minimum absolute atomic E-state index is 0.0156. The lowest BCUT2D eigenvalue weighted by atomic mass is 9.92. The Morgan fingerprint density at radius 3 is 2.44 bits per heavy atom. The second kappa shape index (κ2) is 4.78. The lowest BCUT2D eigenvalue weighted by Gasteiger charge is -2.21. The summed E-state index contributed by atoms with van der Waals surface area (Å²) < 4.78 is 0. The van der Waals surface area contributed by atoms with Crippen molar-refractivity contribution in [3.8, 4) is 0 Å². The largest absolute Gasteiger partial charge is 0.396 e. The van der Waals surface area contributed by atoms with Crippen molar-refractivity contribution >= 4 is 11.8 Å². The molecule has 0 spiro atoms. The van der Waals surface area contributed by atoms with E-state index in [1.165, 1.54) is 4.90 Å². The minimum Gasteiger partial charge on any atom is -0.396 e. The Balaban J connectivity index is 2.09. The van der Waals surface area contributed by atoms with Crippen molar-refractivity contribution in [2.75, 3.05) is 12.4 Å². The van der Waals surface area contributed by atoms with E-state index in [0.29, 0.717) is 0 Å². The van der Waals surface area contributed by atoms with Crippen molar-refractivity contribution in [3.05, 3.63) is 29.8 Å². The number of aliphatic hydroxyl groups excluding tert-OH is 1. The number of aliphatic hydroxyl groups is 1. The molecule has 0 aromatic heterocycles. The third-order valence-electron chi connectivity index (χ3n) is 3.42. The fourth-order valence-corrected chi connectivity index (χ4v) is 2.68. The Labute approximate surface area is 101 Å². The summed E-state index contributed by atoms with van der Waals surface area (Å²) in [5, 5.41) is 9.34. The molecular formula is C13H19NOS. The van der Waals surface area contributed by atoms with Crippen LogP contribution in [-0.2, 0) is 0 Å². The highest BCUT2D eigenvalue weighted by atomic mass is 32.2. The number of rotatable bonds is 5. The Kier molecular flexibility index (Phi) is 3.57. The van der Waals surface area contributed by atoms with E-state index in [1.54, 1.807) is 0 Å². The highest BCUT2D eigenvalue weighted by Gasteiger charge is 2.47. The topological polar surface area (TPSA) is 46.2 Å². The zero-order chi connectivity index (χ0) is 11.6. The SMILES string of the molecule is CCSc1ccc(C(N)C2(CO)CC2)cc1. The molecule has 0 radical (unpaired) electrons. The maximum atomic E-state index is 9.34. The van der Waals surface area contributed by atoms with Gasteiger partial charge in [-0.05, 0) is 36.3 Å². The van der Waals surface area contributed by atoms with Crippen LogP contribution >= 0.6 is 11.8 Å². The minimum atomic E-state index is -0.0284. The van der Waals surface area contributed by atoms with Crippen LogP contribution in [0.15, 0.2) is 29.2 Å². The van der Waals surface area contributed by atoms with Gasteiger partial charge in [0, 0.05) is 16.4 Å². The first kappa shape index (κ1) is 12.0. The van der Waals surface area contributed by atoms with Crippen LogP contribution in [0.25, 0.3) is 0 Å². The summed E-state index contributed by atoms with van der Waals surface area (Å²) in [5.74, 6) is 1.09. The molecule has 0 amide bonds. The number of hydrogen-bond donors (Lipinski definition) is 2. The molecule has 0 bridgehead atoms. The maximum Gasteiger partial charge on any atom is 0.0505 e. The van der Waals surface area contributed by atoms with Crippen LogP contribution in [-0.4, -0.2) is 17.5 Å². The fourth-order valence-electron chi connectivity index (χ4n) is 2.02. The van der Waals surface area contributed by atoms with E-state index in [0.717, 1.165) is 24.2 Å². The summed E-state index contributed by atoms with van der Waals surface area (Å²) >= 11 is 1.83. The van der Waals surface area contributed by atoms with Crippen LogP contribution in [0.3, 0.4) is 0 Å². The monoisotopic (exact) mass is 237 g/mol. The Morgan fingerprint density at radius 2 is 2.00 bits per heavy atom. The average molecular weight is 237 g/mol. The first-order valence-corrected chi connectivity index (χ1v) is 6.79. The van der Waals surface area contributed by atoms with Crippen LogP contribution in [0.1, 0.15) is 31.4 Å². The van der Waals surface area contributed by atoms with E-state index in [-0.39, 0.29) is 18.1 Å². The molecule has 1 aliphatic carbocycles. The summed E-state index contributed by atoms with van der Waals surface area (Å²) in [5.41, 5.74) is 7.32. The third-order valence-corrected chi connectivity index (χ3v) is 4.31. The van der Waals surface area contributed by atoms with Gasteiger partial charge >= 0.3 is 0 Å². The van der Waals surface area contributed by atoms with Gasteiger partial charge in [0.05, 0.1) is 6.61 Å². The van der Waals surface area contributed by atoms with Crippen LogP contribution in [0.2, 0.25) is 0 Å². The van der Waals surface area contributed by atoms with E-state index in [9.17, 15) is 5.11 Å². The fraction of sp³-hybridized carbons (Fsp3) is 0.538. The van der Waals surface area contributed by atoms with Crippen LogP contribution < -0.4 is 5.73 Å². The molecule has 1 saturated carbocycles. The van der Waals surface area contributed by atoms with Crippen molar-refractivity contribution in [3.63, 3.8) is 0 Å². The highest BCUT2D eigenvalue weighted by molar-refractivity contribution is 7.99. The maximum absolute atomic E-state index is 9.34. The van der Waals surface area contributed by atoms with Crippen LogP contribution in [0.5, 0.6) is 0 Å².